The first-order chi connectivity index (χ1) is 7.76. The minimum absolute atomic E-state index is 0.824. The van der Waals surface area contributed by atoms with Crippen molar-refractivity contribution in [1.82, 2.24) is 0 Å². The molecule has 0 amide bonds. The van der Waals surface area contributed by atoms with Crippen LogP contribution in [0.2, 0.25) is 0 Å². The van der Waals surface area contributed by atoms with Gasteiger partial charge in [-0.1, -0.05) is 0 Å². The van der Waals surface area contributed by atoms with Gasteiger partial charge in [0.1, 0.15) is 5.75 Å². The van der Waals surface area contributed by atoms with Crippen LogP contribution in [0.4, 0.5) is 0 Å². The van der Waals surface area contributed by atoms with Crippen molar-refractivity contribution in [1.29, 1.82) is 0 Å². The Hall–Kier alpha value is -0.290. The van der Waals surface area contributed by atoms with Crippen LogP contribution in [-0.4, -0.2) is 26.2 Å². The van der Waals surface area contributed by atoms with Gasteiger partial charge in [0.15, 0.2) is 0 Å². The molecule has 0 radical (unpaired) electrons. The van der Waals surface area contributed by atoms with Crippen molar-refractivity contribution in [2.75, 3.05) is 26.2 Å². The lowest BCUT2D eigenvalue weighted by atomic mass is 10.3. The third-order valence-corrected chi connectivity index (χ3v) is 3.48. The average Bonchev–Trinajstić information content (AvgIpc) is 2.32. The molecule has 0 fully saturated rings. The van der Waals surface area contributed by atoms with E-state index in [1.807, 2.05) is 12.1 Å². The Morgan fingerprint density at radius 3 is 2.31 bits per heavy atom. The van der Waals surface area contributed by atoms with Crippen molar-refractivity contribution in [2.24, 2.45) is 0 Å². The largest absolute Gasteiger partial charge is 0.493 e. The Kier molecular flexibility index (Phi) is 6.80. The first-order valence-electron chi connectivity index (χ1n) is 5.98. The number of nitrogens with one attached hydrogen (secondary N) is 1. The normalized spacial score (nSPS) is 10.8. The number of benzene rings is 1. The van der Waals surface area contributed by atoms with Crippen LogP contribution in [0.1, 0.15) is 20.3 Å². The quantitative estimate of drug-likeness (QED) is 0.595. The third kappa shape index (κ3) is 5.16. The molecule has 1 N–H and O–H groups in total. The van der Waals surface area contributed by atoms with Gasteiger partial charge in [-0.2, -0.15) is 0 Å². The van der Waals surface area contributed by atoms with Gasteiger partial charge in [0.2, 0.25) is 0 Å². The molecule has 2 nitrogen and oxygen atoms in total. The fourth-order valence-corrected chi connectivity index (χ4v) is 2.01. The van der Waals surface area contributed by atoms with Crippen molar-refractivity contribution >= 4 is 22.6 Å². The fraction of sp³-hybridized carbons (Fsp3) is 0.538. The SMILES string of the molecule is CC[NH+](CC)CCCOc1ccc(I)cc1. The molecule has 0 aromatic heterocycles. The lowest BCUT2D eigenvalue weighted by Crippen LogP contribution is -3.11. The lowest BCUT2D eigenvalue weighted by Gasteiger charge is -2.15. The highest BCUT2D eigenvalue weighted by Gasteiger charge is 2.01. The van der Waals surface area contributed by atoms with Crippen LogP contribution >= 0.6 is 22.6 Å². The molecule has 0 aliphatic heterocycles. The van der Waals surface area contributed by atoms with Crippen molar-refractivity contribution in [2.45, 2.75) is 20.3 Å². The monoisotopic (exact) mass is 334 g/mol. The maximum absolute atomic E-state index is 5.68. The second-order valence-electron chi connectivity index (χ2n) is 3.86. The van der Waals surface area contributed by atoms with Gasteiger partial charge in [0.05, 0.1) is 26.2 Å². The number of hydrogen-bond acceptors (Lipinski definition) is 1. The number of halogens is 1. The van der Waals surface area contributed by atoms with Crippen molar-refractivity contribution in [3.05, 3.63) is 27.8 Å². The van der Waals surface area contributed by atoms with E-state index in [4.69, 9.17) is 4.74 Å². The molecule has 0 aliphatic rings. The zero-order valence-electron chi connectivity index (χ0n) is 10.1. The van der Waals surface area contributed by atoms with Crippen LogP contribution in [0.3, 0.4) is 0 Å². The van der Waals surface area contributed by atoms with E-state index in [9.17, 15) is 0 Å². The smallest absolute Gasteiger partial charge is 0.119 e. The van der Waals surface area contributed by atoms with Gasteiger partial charge in [-0.25, -0.2) is 0 Å². The van der Waals surface area contributed by atoms with E-state index in [0.29, 0.717) is 0 Å². The number of hydrogen-bond donors (Lipinski definition) is 1. The van der Waals surface area contributed by atoms with Gasteiger partial charge in [0.25, 0.3) is 0 Å². The molecule has 0 heterocycles. The van der Waals surface area contributed by atoms with Crippen LogP contribution in [0.5, 0.6) is 5.75 Å². The predicted molar refractivity (Wildman–Crippen MR) is 76.2 cm³/mol. The summed E-state index contributed by atoms with van der Waals surface area (Å²) in [7, 11) is 0. The highest BCUT2D eigenvalue weighted by atomic mass is 127. The van der Waals surface area contributed by atoms with Crippen molar-refractivity contribution in [3.8, 4) is 5.75 Å². The summed E-state index contributed by atoms with van der Waals surface area (Å²) in [6, 6.07) is 8.22. The molecular weight excluding hydrogens is 313 g/mol. The first kappa shape index (κ1) is 13.8. The maximum atomic E-state index is 5.68. The number of rotatable bonds is 7. The van der Waals surface area contributed by atoms with E-state index in [2.05, 4.69) is 48.6 Å². The van der Waals surface area contributed by atoms with Gasteiger partial charge >= 0.3 is 0 Å². The molecule has 0 atom stereocenters. The summed E-state index contributed by atoms with van der Waals surface area (Å²) < 4.78 is 6.93. The van der Waals surface area contributed by atoms with Gasteiger partial charge in [0, 0.05) is 9.99 Å². The lowest BCUT2D eigenvalue weighted by molar-refractivity contribution is -0.896. The molecule has 0 saturated heterocycles. The molecular formula is C13H21INO+. The van der Waals surface area contributed by atoms with E-state index in [1.165, 1.54) is 23.2 Å². The zero-order valence-corrected chi connectivity index (χ0v) is 12.3. The summed E-state index contributed by atoms with van der Waals surface area (Å²) in [5, 5.41) is 0. The van der Waals surface area contributed by atoms with Crippen LogP contribution in [0.15, 0.2) is 24.3 Å². The topological polar surface area (TPSA) is 13.7 Å². The average molecular weight is 334 g/mol. The van der Waals surface area contributed by atoms with Crippen molar-refractivity contribution < 1.29 is 9.64 Å². The molecule has 0 aliphatic carbocycles. The first-order valence-corrected chi connectivity index (χ1v) is 7.06. The van der Waals surface area contributed by atoms with Gasteiger partial charge in [-0.05, 0) is 60.7 Å². The highest BCUT2D eigenvalue weighted by molar-refractivity contribution is 14.1. The molecule has 1 aromatic rings. The summed E-state index contributed by atoms with van der Waals surface area (Å²) in [5.74, 6) is 0.981. The molecule has 3 heteroatoms. The second-order valence-corrected chi connectivity index (χ2v) is 5.11. The maximum Gasteiger partial charge on any atom is 0.119 e. The van der Waals surface area contributed by atoms with Gasteiger partial charge < -0.3 is 9.64 Å². The second kappa shape index (κ2) is 7.90. The van der Waals surface area contributed by atoms with Crippen molar-refractivity contribution in [3.63, 3.8) is 0 Å². The summed E-state index contributed by atoms with van der Waals surface area (Å²) in [4.78, 5) is 1.64. The molecule has 1 aromatic carbocycles. The van der Waals surface area contributed by atoms with E-state index in [0.717, 1.165) is 18.8 Å². The molecule has 0 spiro atoms. The van der Waals surface area contributed by atoms with E-state index in [-0.39, 0.29) is 0 Å². The standard InChI is InChI=1S/C13H20INO/c1-3-15(4-2)10-5-11-16-13-8-6-12(14)7-9-13/h6-9H,3-5,10-11H2,1-2H3/p+1. The van der Waals surface area contributed by atoms with Crippen LogP contribution in [0.25, 0.3) is 0 Å². The molecule has 0 saturated carbocycles. The molecule has 90 valence electrons. The minimum atomic E-state index is 0.824. The Bertz CT molecular complexity index is 282. The fourth-order valence-electron chi connectivity index (χ4n) is 1.65. The number of quaternary nitrogens is 1. The minimum Gasteiger partial charge on any atom is -0.493 e. The molecule has 16 heavy (non-hydrogen) atoms. The Labute approximate surface area is 112 Å². The summed E-state index contributed by atoms with van der Waals surface area (Å²) in [6.07, 6.45) is 1.13. The zero-order chi connectivity index (χ0) is 11.8. The predicted octanol–water partition coefficient (Wildman–Crippen LogP) is 1.98. The Balaban J connectivity index is 2.18. The van der Waals surface area contributed by atoms with Gasteiger partial charge in [-0.15, -0.1) is 0 Å². The van der Waals surface area contributed by atoms with Gasteiger partial charge in [-0.3, -0.25) is 0 Å². The third-order valence-electron chi connectivity index (χ3n) is 2.76. The van der Waals surface area contributed by atoms with Crippen LogP contribution < -0.4 is 9.64 Å². The summed E-state index contributed by atoms with van der Waals surface area (Å²) >= 11 is 2.30. The van der Waals surface area contributed by atoms with E-state index < -0.39 is 0 Å². The van der Waals surface area contributed by atoms with Crippen LogP contribution in [-0.2, 0) is 0 Å². The molecule has 0 bridgehead atoms. The molecule has 1 rings (SSSR count). The number of ether oxygens (including phenoxy) is 1. The Morgan fingerprint density at radius 2 is 1.75 bits per heavy atom. The van der Waals surface area contributed by atoms with E-state index in [1.54, 1.807) is 4.90 Å². The molecule has 0 unspecified atom stereocenters. The summed E-state index contributed by atoms with van der Waals surface area (Å²) in [5.41, 5.74) is 0. The summed E-state index contributed by atoms with van der Waals surface area (Å²) in [6.45, 7) is 8.92. The van der Waals surface area contributed by atoms with Crippen LogP contribution in [0, 0.1) is 3.57 Å². The Morgan fingerprint density at radius 1 is 1.12 bits per heavy atom. The highest BCUT2D eigenvalue weighted by Crippen LogP contribution is 2.13. The van der Waals surface area contributed by atoms with E-state index >= 15 is 0 Å².